The average Bonchev–Trinajstić information content (AvgIpc) is 3.64. The average molecular weight is 489 g/mol. The Balaban J connectivity index is 1.40. The summed E-state index contributed by atoms with van der Waals surface area (Å²) in [7, 11) is 1.43. The molecule has 2 aromatic rings. The molecule has 0 aromatic heterocycles. The molecular formula is C23H25ClN4O6. The first-order valence-corrected chi connectivity index (χ1v) is 11.3. The third-order valence-corrected chi connectivity index (χ3v) is 5.95. The van der Waals surface area contributed by atoms with E-state index in [9.17, 15) is 19.7 Å². The molecule has 2 amide bonds. The van der Waals surface area contributed by atoms with Gasteiger partial charge in [0.25, 0.3) is 5.91 Å². The largest absolute Gasteiger partial charge is 0.493 e. The number of piperazine rings is 1. The van der Waals surface area contributed by atoms with Crippen molar-refractivity contribution in [3.05, 3.63) is 57.1 Å². The van der Waals surface area contributed by atoms with Crippen LogP contribution in [0.2, 0.25) is 5.02 Å². The third-order valence-electron chi connectivity index (χ3n) is 5.72. The number of carbonyl (C=O) groups excluding carboxylic acids is 2. The van der Waals surface area contributed by atoms with Gasteiger partial charge in [-0.3, -0.25) is 24.6 Å². The highest BCUT2D eigenvalue weighted by Crippen LogP contribution is 2.38. The lowest BCUT2D eigenvalue weighted by atomic mass is 10.1. The smallest absolute Gasteiger partial charge is 0.313 e. The number of nitro groups is 1. The Labute approximate surface area is 201 Å². The molecule has 0 spiro atoms. The SMILES string of the molecule is COc1cc(C(=O)N2CCN(CC(=O)NC3CC3)CC2)ccc1Oc1ccc(Cl)cc1[N+](=O)[O-]. The van der Waals surface area contributed by atoms with Crippen LogP contribution < -0.4 is 14.8 Å². The maximum absolute atomic E-state index is 13.0. The van der Waals surface area contributed by atoms with Crippen LogP contribution in [0.15, 0.2) is 36.4 Å². The van der Waals surface area contributed by atoms with E-state index in [1.54, 1.807) is 23.1 Å². The summed E-state index contributed by atoms with van der Waals surface area (Å²) in [4.78, 5) is 39.5. The van der Waals surface area contributed by atoms with Crippen LogP contribution in [0.5, 0.6) is 17.2 Å². The molecule has 2 aromatic carbocycles. The quantitative estimate of drug-likeness (QED) is 0.448. The highest BCUT2D eigenvalue weighted by atomic mass is 35.5. The van der Waals surface area contributed by atoms with Crippen molar-refractivity contribution >= 4 is 29.1 Å². The zero-order valence-electron chi connectivity index (χ0n) is 18.7. The molecule has 2 aliphatic rings. The zero-order chi connectivity index (χ0) is 24.2. The number of amides is 2. The Morgan fingerprint density at radius 2 is 1.79 bits per heavy atom. The first-order chi connectivity index (χ1) is 16.3. The van der Waals surface area contributed by atoms with E-state index in [1.807, 2.05) is 4.90 Å². The van der Waals surface area contributed by atoms with E-state index < -0.39 is 4.92 Å². The second-order valence-electron chi connectivity index (χ2n) is 8.25. The van der Waals surface area contributed by atoms with Gasteiger partial charge in [0.15, 0.2) is 11.5 Å². The van der Waals surface area contributed by atoms with Gasteiger partial charge in [0.2, 0.25) is 11.7 Å². The fourth-order valence-corrected chi connectivity index (χ4v) is 3.88. The summed E-state index contributed by atoms with van der Waals surface area (Å²) >= 11 is 5.86. The lowest BCUT2D eigenvalue weighted by molar-refractivity contribution is -0.385. The number of nitrogens with zero attached hydrogens (tertiary/aromatic N) is 3. The van der Waals surface area contributed by atoms with Crippen molar-refractivity contribution in [2.45, 2.75) is 18.9 Å². The summed E-state index contributed by atoms with van der Waals surface area (Å²) in [5.41, 5.74) is 0.133. The number of rotatable bonds is 8. The number of ether oxygens (including phenoxy) is 2. The molecule has 1 saturated heterocycles. The molecule has 0 radical (unpaired) electrons. The third kappa shape index (κ3) is 5.75. The summed E-state index contributed by atoms with van der Waals surface area (Å²) in [6, 6.07) is 9.13. The van der Waals surface area contributed by atoms with Crippen molar-refractivity contribution in [1.82, 2.24) is 15.1 Å². The minimum Gasteiger partial charge on any atom is -0.493 e. The molecule has 0 unspecified atom stereocenters. The van der Waals surface area contributed by atoms with Crippen molar-refractivity contribution in [3.8, 4) is 17.2 Å². The van der Waals surface area contributed by atoms with E-state index in [1.165, 1.54) is 25.3 Å². The maximum Gasteiger partial charge on any atom is 0.313 e. The predicted molar refractivity (Wildman–Crippen MR) is 125 cm³/mol. The molecule has 10 nitrogen and oxygen atoms in total. The molecule has 1 N–H and O–H groups in total. The van der Waals surface area contributed by atoms with Crippen molar-refractivity contribution in [2.75, 3.05) is 39.8 Å². The molecule has 2 fully saturated rings. The number of methoxy groups -OCH3 is 1. The summed E-state index contributed by atoms with van der Waals surface area (Å²) in [6.07, 6.45) is 2.11. The van der Waals surface area contributed by atoms with Gasteiger partial charge in [0.05, 0.1) is 18.6 Å². The van der Waals surface area contributed by atoms with Crippen molar-refractivity contribution in [3.63, 3.8) is 0 Å². The van der Waals surface area contributed by atoms with Crippen LogP contribution >= 0.6 is 11.6 Å². The molecule has 34 heavy (non-hydrogen) atoms. The molecule has 4 rings (SSSR count). The van der Waals surface area contributed by atoms with E-state index in [0.717, 1.165) is 12.8 Å². The Kier molecular flexibility index (Phi) is 7.18. The van der Waals surface area contributed by atoms with E-state index in [0.29, 0.717) is 44.3 Å². The Morgan fingerprint density at radius 3 is 2.44 bits per heavy atom. The van der Waals surface area contributed by atoms with E-state index >= 15 is 0 Å². The van der Waals surface area contributed by atoms with E-state index in [2.05, 4.69) is 5.32 Å². The fourth-order valence-electron chi connectivity index (χ4n) is 3.72. The predicted octanol–water partition coefficient (Wildman–Crippen LogP) is 3.09. The first kappa shape index (κ1) is 23.8. The van der Waals surface area contributed by atoms with Gasteiger partial charge in [0, 0.05) is 48.9 Å². The van der Waals surface area contributed by atoms with Crippen LogP contribution in [0.4, 0.5) is 5.69 Å². The molecule has 1 aliphatic carbocycles. The second kappa shape index (κ2) is 10.3. The van der Waals surface area contributed by atoms with Crippen molar-refractivity contribution in [2.24, 2.45) is 0 Å². The fraction of sp³-hybridized carbons (Fsp3) is 0.391. The van der Waals surface area contributed by atoms with Gasteiger partial charge in [-0.2, -0.15) is 0 Å². The molecular weight excluding hydrogens is 464 g/mol. The highest BCUT2D eigenvalue weighted by molar-refractivity contribution is 6.30. The van der Waals surface area contributed by atoms with Crippen LogP contribution in [0.25, 0.3) is 0 Å². The first-order valence-electron chi connectivity index (χ1n) is 10.9. The molecule has 1 saturated carbocycles. The molecule has 180 valence electrons. The number of benzene rings is 2. The van der Waals surface area contributed by atoms with Gasteiger partial charge < -0.3 is 19.7 Å². The number of nitro benzene ring substituents is 1. The number of carbonyl (C=O) groups is 2. The Morgan fingerprint density at radius 1 is 1.09 bits per heavy atom. The van der Waals surface area contributed by atoms with E-state index in [4.69, 9.17) is 21.1 Å². The summed E-state index contributed by atoms with van der Waals surface area (Å²) in [5.74, 6) is 0.378. The lowest BCUT2D eigenvalue weighted by Gasteiger charge is -2.34. The Hall–Kier alpha value is -3.37. The van der Waals surface area contributed by atoms with Gasteiger partial charge in [-0.25, -0.2) is 0 Å². The number of hydrogen-bond donors (Lipinski definition) is 1. The summed E-state index contributed by atoms with van der Waals surface area (Å²) in [5, 5.41) is 14.5. The second-order valence-corrected chi connectivity index (χ2v) is 8.68. The van der Waals surface area contributed by atoms with Crippen molar-refractivity contribution < 1.29 is 24.0 Å². The van der Waals surface area contributed by atoms with Crippen LogP contribution in [-0.2, 0) is 4.79 Å². The van der Waals surface area contributed by atoms with Gasteiger partial charge in [-0.05, 0) is 43.2 Å². The van der Waals surface area contributed by atoms with Crippen LogP contribution in [0.1, 0.15) is 23.2 Å². The van der Waals surface area contributed by atoms with Gasteiger partial charge >= 0.3 is 5.69 Å². The van der Waals surface area contributed by atoms with Crippen LogP contribution in [0.3, 0.4) is 0 Å². The minimum absolute atomic E-state index is 0.00798. The maximum atomic E-state index is 13.0. The minimum atomic E-state index is -0.583. The number of halogens is 1. The normalized spacial score (nSPS) is 16.1. The Bertz CT molecular complexity index is 1100. The monoisotopic (exact) mass is 488 g/mol. The van der Waals surface area contributed by atoms with Crippen LogP contribution in [-0.4, -0.2) is 72.4 Å². The highest BCUT2D eigenvalue weighted by Gasteiger charge is 2.27. The standard InChI is InChI=1S/C23H25ClN4O6/c1-33-21-12-15(2-6-20(21)34-19-7-3-16(24)13-18(19)28(31)32)23(30)27-10-8-26(9-11-27)14-22(29)25-17-4-5-17/h2-3,6-7,12-13,17H,4-5,8-11,14H2,1H3,(H,25,29). The summed E-state index contributed by atoms with van der Waals surface area (Å²) < 4.78 is 11.1. The van der Waals surface area contributed by atoms with Gasteiger partial charge in [-0.1, -0.05) is 11.6 Å². The van der Waals surface area contributed by atoms with E-state index in [-0.39, 0.29) is 39.8 Å². The number of hydrogen-bond acceptors (Lipinski definition) is 7. The lowest BCUT2D eigenvalue weighted by Crippen LogP contribution is -2.51. The topological polar surface area (TPSA) is 114 Å². The van der Waals surface area contributed by atoms with Gasteiger partial charge in [0.1, 0.15) is 0 Å². The zero-order valence-corrected chi connectivity index (χ0v) is 19.4. The molecule has 0 atom stereocenters. The van der Waals surface area contributed by atoms with Crippen LogP contribution in [0, 0.1) is 10.1 Å². The van der Waals surface area contributed by atoms with Gasteiger partial charge in [-0.15, -0.1) is 0 Å². The number of nitrogens with one attached hydrogen (secondary N) is 1. The molecule has 1 aliphatic heterocycles. The molecule has 11 heteroatoms. The molecule has 1 heterocycles. The summed E-state index contributed by atoms with van der Waals surface area (Å²) in [6.45, 7) is 2.58. The molecule has 0 bridgehead atoms. The van der Waals surface area contributed by atoms with Crippen molar-refractivity contribution in [1.29, 1.82) is 0 Å².